The van der Waals surface area contributed by atoms with Gasteiger partial charge in [0.15, 0.2) is 10.7 Å². The summed E-state index contributed by atoms with van der Waals surface area (Å²) < 4.78 is -1.12. The second-order valence-electron chi connectivity index (χ2n) is 12.7. The van der Waals surface area contributed by atoms with Crippen LogP contribution in [0.3, 0.4) is 0 Å². The molecule has 5 atom stereocenters. The predicted octanol–water partition coefficient (Wildman–Crippen LogP) is 7.04. The van der Waals surface area contributed by atoms with E-state index < -0.39 is 10.3 Å². The number of allylic oxidation sites excluding steroid dienone is 1. The number of fused-ring (bicyclic) bond motifs is 6. The molecule has 3 aromatic rings. The van der Waals surface area contributed by atoms with Crippen LogP contribution in [0.2, 0.25) is 0 Å². The molecule has 3 saturated heterocycles. The summed E-state index contributed by atoms with van der Waals surface area (Å²) in [5.41, 5.74) is 5.23. The molecule has 0 aromatic heterocycles. The van der Waals surface area contributed by atoms with Crippen molar-refractivity contribution in [2.75, 3.05) is 16.9 Å². The van der Waals surface area contributed by atoms with Gasteiger partial charge in [0.05, 0.1) is 6.04 Å². The van der Waals surface area contributed by atoms with E-state index in [1.807, 2.05) is 47.0 Å². The predicted molar refractivity (Wildman–Crippen MR) is 177 cm³/mol. The molecule has 5 heterocycles. The summed E-state index contributed by atoms with van der Waals surface area (Å²) in [5.74, 6) is 1.31. The molecule has 6 nitrogen and oxygen atoms in total. The fourth-order valence-electron chi connectivity index (χ4n) is 8.98. The normalized spacial score (nSPS) is 32.7. The summed E-state index contributed by atoms with van der Waals surface area (Å²) >= 11 is 3.44. The van der Waals surface area contributed by atoms with Crippen LogP contribution in [0.25, 0.3) is 0 Å². The van der Waals surface area contributed by atoms with Crippen LogP contribution in [-0.2, 0) is 15.1 Å². The summed E-state index contributed by atoms with van der Waals surface area (Å²) in [5, 5.41) is 4.01. The van der Waals surface area contributed by atoms with Crippen molar-refractivity contribution in [2.45, 2.75) is 66.8 Å². The van der Waals surface area contributed by atoms with E-state index in [0.29, 0.717) is 5.88 Å². The van der Waals surface area contributed by atoms with Crippen LogP contribution in [-0.4, -0.2) is 49.2 Å². The van der Waals surface area contributed by atoms with Gasteiger partial charge in [-0.1, -0.05) is 103 Å². The summed E-state index contributed by atoms with van der Waals surface area (Å²) in [4.78, 5) is 40.5. The monoisotopic (exact) mass is 618 g/mol. The van der Waals surface area contributed by atoms with E-state index in [1.54, 1.807) is 11.8 Å². The van der Waals surface area contributed by atoms with E-state index in [0.717, 1.165) is 64.7 Å². The van der Waals surface area contributed by atoms with Gasteiger partial charge in [0.2, 0.25) is 5.91 Å². The number of hydrogen-bond donors (Lipinski definition) is 1. The summed E-state index contributed by atoms with van der Waals surface area (Å²) in [6.07, 6.45) is 6.50. The molecule has 1 N–H and O–H groups in total. The maximum absolute atomic E-state index is 15.9. The Morgan fingerprint density at radius 2 is 1.52 bits per heavy atom. The van der Waals surface area contributed by atoms with Crippen LogP contribution in [0.15, 0.2) is 101 Å². The smallest absolute Gasteiger partial charge is 0.251 e. The molecular weight excluding hydrogens is 585 g/mol. The Morgan fingerprint density at radius 1 is 0.818 bits per heavy atom. The lowest BCUT2D eigenvalue weighted by Gasteiger charge is -2.43. The third kappa shape index (κ3) is 3.42. The Hall–Kier alpha value is -3.33. The Labute approximate surface area is 266 Å². The van der Waals surface area contributed by atoms with Crippen molar-refractivity contribution in [1.29, 1.82) is 0 Å². The Kier molecular flexibility index (Phi) is 6.20. The number of para-hydroxylation sites is 1. The van der Waals surface area contributed by atoms with Crippen LogP contribution < -0.4 is 5.32 Å². The van der Waals surface area contributed by atoms with E-state index in [4.69, 9.17) is 4.99 Å². The Bertz CT molecular complexity index is 1740. The topological polar surface area (TPSA) is 65.0 Å². The lowest BCUT2D eigenvalue weighted by Crippen LogP contribution is -2.62. The van der Waals surface area contributed by atoms with E-state index >= 15 is 4.79 Å². The molecule has 2 amide bonds. The molecule has 0 bridgehead atoms. The number of thioether (sulfide) groups is 2. The molecule has 8 heteroatoms. The molecule has 2 spiro atoms. The lowest BCUT2D eigenvalue weighted by atomic mass is 9.70. The maximum Gasteiger partial charge on any atom is 0.251 e. The Balaban J connectivity index is 1.32. The van der Waals surface area contributed by atoms with Crippen LogP contribution in [0.5, 0.6) is 0 Å². The molecule has 5 unspecified atom stereocenters. The molecule has 1 aliphatic carbocycles. The van der Waals surface area contributed by atoms with E-state index in [1.165, 1.54) is 18.4 Å². The minimum atomic E-state index is -1.16. The number of aliphatic imine (C=N–C) groups is 1. The van der Waals surface area contributed by atoms with Gasteiger partial charge in [-0.15, -0.1) is 11.8 Å². The number of amidine groups is 1. The summed E-state index contributed by atoms with van der Waals surface area (Å²) in [7, 11) is 0. The van der Waals surface area contributed by atoms with Crippen LogP contribution >= 0.6 is 23.5 Å². The molecule has 222 valence electrons. The molecule has 3 fully saturated rings. The zero-order valence-corrected chi connectivity index (χ0v) is 26.1. The molecule has 5 aliphatic heterocycles. The first-order valence-electron chi connectivity index (χ1n) is 15.8. The molecule has 44 heavy (non-hydrogen) atoms. The van der Waals surface area contributed by atoms with Crippen LogP contribution in [0.4, 0.5) is 5.69 Å². The number of carbonyl (C=O) groups is 2. The highest BCUT2D eigenvalue weighted by Crippen LogP contribution is 2.71. The first-order valence-corrected chi connectivity index (χ1v) is 17.8. The highest BCUT2D eigenvalue weighted by atomic mass is 32.2. The van der Waals surface area contributed by atoms with Crippen molar-refractivity contribution < 1.29 is 9.59 Å². The molecule has 0 saturated carbocycles. The van der Waals surface area contributed by atoms with Crippen molar-refractivity contribution in [3.63, 3.8) is 0 Å². The second-order valence-corrected chi connectivity index (χ2v) is 15.0. The van der Waals surface area contributed by atoms with Gasteiger partial charge in [-0.2, -0.15) is 0 Å². The number of nitrogens with zero attached hydrogens (tertiary/aromatic N) is 3. The lowest BCUT2D eigenvalue weighted by molar-refractivity contribution is -0.139. The highest BCUT2D eigenvalue weighted by Gasteiger charge is 2.82. The molecule has 9 rings (SSSR count). The molecule has 3 aromatic carbocycles. The zero-order valence-electron chi connectivity index (χ0n) is 24.4. The maximum atomic E-state index is 15.9. The first kappa shape index (κ1) is 27.0. The number of hydrogen-bond acceptors (Lipinski definition) is 6. The van der Waals surface area contributed by atoms with Crippen molar-refractivity contribution in [2.24, 2.45) is 4.99 Å². The molecule has 0 radical (unpaired) electrons. The SMILES string of the molecule is O=C1N2C(=NC3=C(CCCCCC3)C2c2ccccc2)SC12C(c1ccccc1)C1CSCN1C21C(=O)Nc2ccccc21. The van der Waals surface area contributed by atoms with Crippen molar-refractivity contribution >= 4 is 46.2 Å². The zero-order chi connectivity index (χ0) is 29.5. The third-order valence-corrected chi connectivity index (χ3v) is 13.2. The van der Waals surface area contributed by atoms with Gasteiger partial charge < -0.3 is 5.32 Å². The molecular formula is C36H34N4O2S2. The van der Waals surface area contributed by atoms with Crippen LogP contribution in [0, 0.1) is 0 Å². The average Bonchev–Trinajstić information content (AvgIpc) is 3.76. The highest BCUT2D eigenvalue weighted by molar-refractivity contribution is 8.16. The van der Waals surface area contributed by atoms with Gasteiger partial charge in [0, 0.05) is 40.5 Å². The first-order chi connectivity index (χ1) is 21.7. The third-order valence-electron chi connectivity index (χ3n) is 10.7. The minimum Gasteiger partial charge on any atom is -0.324 e. The minimum absolute atomic E-state index is 0.0174. The van der Waals surface area contributed by atoms with Crippen molar-refractivity contribution in [3.05, 3.63) is 113 Å². The summed E-state index contributed by atoms with van der Waals surface area (Å²) in [6, 6.07) is 28.8. The van der Waals surface area contributed by atoms with Gasteiger partial charge in [-0.05, 0) is 48.4 Å². The van der Waals surface area contributed by atoms with E-state index in [2.05, 4.69) is 64.8 Å². The standard InChI is InChI=1S/C36H34N4O2S2/c41-32-35(26-18-11-12-20-28(26)37-32)36(30(23-13-5-3-6-14-23)29-21-43-22-39(29)35)33(42)40-31(24-15-7-4-8-16-24)25-17-9-1-2-10-19-27(25)38-34(40)44-36/h3-8,11-16,18,20,29-31H,1-2,9-10,17,19,21-22H2,(H,37,41). The number of anilines is 1. The van der Waals surface area contributed by atoms with Gasteiger partial charge in [-0.25, -0.2) is 4.99 Å². The van der Waals surface area contributed by atoms with E-state index in [-0.39, 0.29) is 29.8 Å². The fourth-order valence-corrected chi connectivity index (χ4v) is 12.1. The number of rotatable bonds is 2. The number of amides is 2. The number of carbonyl (C=O) groups excluding carboxylic acids is 2. The number of benzene rings is 3. The van der Waals surface area contributed by atoms with Gasteiger partial charge in [-0.3, -0.25) is 19.4 Å². The van der Waals surface area contributed by atoms with Gasteiger partial charge in [0.25, 0.3) is 5.91 Å². The fraction of sp³-hybridized carbons (Fsp3) is 0.361. The average molecular weight is 619 g/mol. The van der Waals surface area contributed by atoms with E-state index in [9.17, 15) is 4.79 Å². The van der Waals surface area contributed by atoms with Crippen molar-refractivity contribution in [3.8, 4) is 0 Å². The van der Waals surface area contributed by atoms with Crippen molar-refractivity contribution in [1.82, 2.24) is 9.80 Å². The van der Waals surface area contributed by atoms with Crippen LogP contribution in [0.1, 0.15) is 67.2 Å². The Morgan fingerprint density at radius 3 is 2.32 bits per heavy atom. The largest absolute Gasteiger partial charge is 0.324 e. The van der Waals surface area contributed by atoms with Gasteiger partial charge >= 0.3 is 0 Å². The second kappa shape index (κ2) is 10.1. The van der Waals surface area contributed by atoms with Gasteiger partial charge in [0.1, 0.15) is 4.75 Å². The quantitative estimate of drug-likeness (QED) is 0.334. The molecule has 6 aliphatic rings. The summed E-state index contributed by atoms with van der Waals surface area (Å²) in [6.45, 7) is 0. The number of nitrogens with one attached hydrogen (secondary N) is 1.